The monoisotopic (exact) mass is 645 g/mol. The van der Waals surface area contributed by atoms with E-state index in [1.165, 1.54) is 5.56 Å². The molecule has 242 valence electrons. The smallest absolute Gasteiger partial charge is 0.0463 e. The van der Waals surface area contributed by atoms with Crippen LogP contribution in [0.25, 0.3) is 24.3 Å². The van der Waals surface area contributed by atoms with Crippen molar-refractivity contribution in [2.75, 3.05) is 15.5 Å². The first-order chi connectivity index (χ1) is 24.6. The van der Waals surface area contributed by atoms with Crippen molar-refractivity contribution in [3.05, 3.63) is 210 Å². The third kappa shape index (κ3) is 7.75. The van der Waals surface area contributed by atoms with Gasteiger partial charge in [-0.2, -0.15) is 0 Å². The maximum Gasteiger partial charge on any atom is 0.0463 e. The number of aryl methyl sites for hydroxylation is 1. The van der Waals surface area contributed by atoms with Gasteiger partial charge in [0.2, 0.25) is 0 Å². The molecule has 0 atom stereocenters. The first kappa shape index (κ1) is 32.0. The highest BCUT2D eigenvalue weighted by atomic mass is 15.1. The van der Waals surface area contributed by atoms with Gasteiger partial charge in [0.1, 0.15) is 0 Å². The first-order valence-corrected chi connectivity index (χ1v) is 16.9. The average molecular weight is 646 g/mol. The Morgan fingerprint density at radius 1 is 0.320 bits per heavy atom. The fourth-order valence-electron chi connectivity index (χ4n) is 5.94. The van der Waals surface area contributed by atoms with Crippen molar-refractivity contribution in [3.63, 3.8) is 0 Å². The maximum absolute atomic E-state index is 5.99. The normalized spacial score (nSPS) is 11.2. The van der Waals surface area contributed by atoms with E-state index in [1.807, 2.05) is 24.3 Å². The Labute approximate surface area is 295 Å². The van der Waals surface area contributed by atoms with E-state index in [-0.39, 0.29) is 0 Å². The Hall–Kier alpha value is -6.58. The zero-order chi connectivity index (χ0) is 34.1. The molecule has 0 fully saturated rings. The summed E-state index contributed by atoms with van der Waals surface area (Å²) in [5, 5.41) is 0. The van der Waals surface area contributed by atoms with Gasteiger partial charge in [0, 0.05) is 39.8 Å². The Bertz CT molecular complexity index is 2080. The van der Waals surface area contributed by atoms with Crippen LogP contribution in [0.3, 0.4) is 0 Å². The number of nitrogens with zero attached hydrogens (tertiary/aromatic N) is 2. The lowest BCUT2D eigenvalue weighted by Crippen LogP contribution is -2.09. The van der Waals surface area contributed by atoms with Crippen molar-refractivity contribution in [2.24, 2.45) is 0 Å². The molecule has 7 aromatic rings. The van der Waals surface area contributed by atoms with Crippen LogP contribution in [-0.2, 0) is 0 Å². The zero-order valence-electron chi connectivity index (χ0n) is 28.1. The molecule has 0 unspecified atom stereocenters. The molecule has 7 rings (SSSR count). The van der Waals surface area contributed by atoms with Crippen LogP contribution in [0, 0.1) is 6.92 Å². The van der Waals surface area contributed by atoms with E-state index < -0.39 is 0 Å². The molecule has 0 bridgehead atoms. The number of hydrogen-bond donors (Lipinski definition) is 1. The van der Waals surface area contributed by atoms with E-state index in [0.717, 1.165) is 62.1 Å². The van der Waals surface area contributed by atoms with Gasteiger partial charge in [-0.1, -0.05) is 127 Å². The maximum atomic E-state index is 5.99. The SMILES string of the molecule is Cc1ccc(N(c2ccc(N)cc2)c2ccc(/C=C/c3ccc(/C=C/c4ccc(N(c5ccccc5)c5ccccc5)cc4)cc3)cc2)cc1. The minimum atomic E-state index is 0.752. The minimum Gasteiger partial charge on any atom is -0.399 e. The second kappa shape index (κ2) is 15.1. The topological polar surface area (TPSA) is 32.5 Å². The second-order valence-corrected chi connectivity index (χ2v) is 12.3. The van der Waals surface area contributed by atoms with Crippen molar-refractivity contribution < 1.29 is 0 Å². The largest absolute Gasteiger partial charge is 0.399 e. The molecule has 0 aliphatic carbocycles. The molecule has 0 aliphatic heterocycles. The Morgan fingerprint density at radius 2 is 0.580 bits per heavy atom. The minimum absolute atomic E-state index is 0.752. The fourth-order valence-corrected chi connectivity index (χ4v) is 5.94. The van der Waals surface area contributed by atoms with E-state index in [9.17, 15) is 0 Å². The average Bonchev–Trinajstić information content (AvgIpc) is 3.17. The molecule has 0 radical (unpaired) electrons. The van der Waals surface area contributed by atoms with Gasteiger partial charge in [-0.3, -0.25) is 0 Å². The number of nitrogen functional groups attached to an aromatic ring is 1. The van der Waals surface area contributed by atoms with Crippen LogP contribution in [0.1, 0.15) is 27.8 Å². The number of hydrogen-bond acceptors (Lipinski definition) is 3. The molecule has 3 nitrogen and oxygen atoms in total. The van der Waals surface area contributed by atoms with Gasteiger partial charge in [0.05, 0.1) is 0 Å². The van der Waals surface area contributed by atoms with E-state index in [2.05, 4.69) is 199 Å². The predicted octanol–water partition coefficient (Wildman–Crippen LogP) is 12.9. The zero-order valence-corrected chi connectivity index (χ0v) is 28.1. The third-order valence-corrected chi connectivity index (χ3v) is 8.65. The van der Waals surface area contributed by atoms with Crippen LogP contribution in [-0.4, -0.2) is 0 Å². The summed E-state index contributed by atoms with van der Waals surface area (Å²) in [6.45, 7) is 2.11. The Kier molecular flexibility index (Phi) is 9.66. The molecule has 0 saturated carbocycles. The first-order valence-electron chi connectivity index (χ1n) is 16.9. The van der Waals surface area contributed by atoms with E-state index in [0.29, 0.717) is 0 Å². The number of anilines is 7. The number of para-hydroxylation sites is 2. The quantitative estimate of drug-likeness (QED) is 0.119. The van der Waals surface area contributed by atoms with Crippen LogP contribution >= 0.6 is 0 Å². The van der Waals surface area contributed by atoms with Crippen LogP contribution in [0.4, 0.5) is 39.8 Å². The number of benzene rings is 7. The second-order valence-electron chi connectivity index (χ2n) is 12.3. The molecular formula is C47H39N3. The van der Waals surface area contributed by atoms with E-state index >= 15 is 0 Å². The number of rotatable bonds is 10. The summed E-state index contributed by atoms with van der Waals surface area (Å²) in [5.41, 5.74) is 19.2. The van der Waals surface area contributed by atoms with Crippen LogP contribution in [0.2, 0.25) is 0 Å². The summed E-state index contributed by atoms with van der Waals surface area (Å²) < 4.78 is 0. The lowest BCUT2D eigenvalue weighted by atomic mass is 10.1. The van der Waals surface area contributed by atoms with Crippen molar-refractivity contribution >= 4 is 64.1 Å². The van der Waals surface area contributed by atoms with Crippen LogP contribution in [0.15, 0.2) is 182 Å². The highest BCUT2D eigenvalue weighted by Crippen LogP contribution is 2.36. The van der Waals surface area contributed by atoms with Crippen molar-refractivity contribution in [3.8, 4) is 0 Å². The molecule has 0 saturated heterocycles. The summed E-state index contributed by atoms with van der Waals surface area (Å²) in [5.74, 6) is 0. The molecule has 0 aliphatic rings. The molecular weight excluding hydrogens is 607 g/mol. The summed E-state index contributed by atoms with van der Waals surface area (Å²) in [4.78, 5) is 4.52. The molecule has 0 aromatic heterocycles. The molecule has 2 N–H and O–H groups in total. The van der Waals surface area contributed by atoms with Gasteiger partial charge in [-0.05, 0) is 114 Å². The van der Waals surface area contributed by atoms with E-state index in [4.69, 9.17) is 5.73 Å². The highest BCUT2D eigenvalue weighted by molar-refractivity contribution is 5.80. The van der Waals surface area contributed by atoms with Crippen molar-refractivity contribution in [2.45, 2.75) is 6.92 Å². The van der Waals surface area contributed by atoms with Gasteiger partial charge < -0.3 is 15.5 Å². The molecule has 3 heteroatoms. The molecule has 50 heavy (non-hydrogen) atoms. The molecule has 0 heterocycles. The lowest BCUT2D eigenvalue weighted by Gasteiger charge is -2.25. The number of nitrogens with two attached hydrogens (primary N) is 1. The third-order valence-electron chi connectivity index (χ3n) is 8.65. The van der Waals surface area contributed by atoms with Gasteiger partial charge in [0.15, 0.2) is 0 Å². The van der Waals surface area contributed by atoms with Gasteiger partial charge in [0.25, 0.3) is 0 Å². The van der Waals surface area contributed by atoms with Gasteiger partial charge in [-0.15, -0.1) is 0 Å². The van der Waals surface area contributed by atoms with Crippen molar-refractivity contribution in [1.82, 2.24) is 0 Å². The van der Waals surface area contributed by atoms with Crippen LogP contribution in [0.5, 0.6) is 0 Å². The summed E-state index contributed by atoms with van der Waals surface area (Å²) in [6.07, 6.45) is 8.64. The fraction of sp³-hybridized carbons (Fsp3) is 0.0213. The molecule has 0 amide bonds. The molecule has 0 spiro atoms. The summed E-state index contributed by atoms with van der Waals surface area (Å²) in [7, 11) is 0. The Morgan fingerprint density at radius 3 is 0.920 bits per heavy atom. The predicted molar refractivity (Wildman–Crippen MR) is 216 cm³/mol. The summed E-state index contributed by atoms with van der Waals surface area (Å²) in [6, 6.07) is 63.5. The standard InChI is InChI=1S/C47H39N3/c1-36-12-28-44(29-13-36)50(47-34-26-41(48)27-35-47)46-32-24-40(25-33-46)21-19-38-16-14-37(15-17-38)18-20-39-22-30-45(31-23-39)49(42-8-4-2-5-9-42)43-10-6-3-7-11-43/h2-35H,48H2,1H3/b20-18+,21-19+. The van der Waals surface area contributed by atoms with E-state index in [1.54, 1.807) is 0 Å². The molecule has 7 aromatic carbocycles. The van der Waals surface area contributed by atoms with Gasteiger partial charge in [-0.25, -0.2) is 0 Å². The van der Waals surface area contributed by atoms with Crippen LogP contribution < -0.4 is 15.5 Å². The van der Waals surface area contributed by atoms with Crippen molar-refractivity contribution in [1.29, 1.82) is 0 Å². The highest BCUT2D eigenvalue weighted by Gasteiger charge is 2.13. The summed E-state index contributed by atoms with van der Waals surface area (Å²) >= 11 is 0. The van der Waals surface area contributed by atoms with Gasteiger partial charge >= 0.3 is 0 Å². The lowest BCUT2D eigenvalue weighted by molar-refractivity contribution is 1.27. The Balaban J connectivity index is 1.02.